The minimum absolute atomic E-state index is 0.0628. The van der Waals surface area contributed by atoms with E-state index < -0.39 is 17.3 Å². The van der Waals surface area contributed by atoms with E-state index in [1.165, 1.54) is 6.07 Å². The Morgan fingerprint density at radius 1 is 1.17 bits per heavy atom. The smallest absolute Gasteiger partial charge is 0.308 e. The van der Waals surface area contributed by atoms with Gasteiger partial charge in [0.15, 0.2) is 0 Å². The maximum Gasteiger partial charge on any atom is 0.308 e. The maximum atomic E-state index is 14.1. The first-order valence-corrected chi connectivity index (χ1v) is 8.30. The molecule has 0 bridgehead atoms. The Morgan fingerprint density at radius 3 is 2.43 bits per heavy atom. The summed E-state index contributed by atoms with van der Waals surface area (Å²) >= 11 is 0. The van der Waals surface area contributed by atoms with E-state index in [9.17, 15) is 19.1 Å². The first-order valence-electron chi connectivity index (χ1n) is 8.30. The molecule has 1 N–H and O–H groups in total. The van der Waals surface area contributed by atoms with Crippen molar-refractivity contribution < 1.29 is 19.1 Å². The lowest BCUT2D eigenvalue weighted by Crippen LogP contribution is -2.39. The summed E-state index contributed by atoms with van der Waals surface area (Å²) in [6.07, 6.45) is 3.42. The third kappa shape index (κ3) is 2.33. The van der Waals surface area contributed by atoms with Crippen LogP contribution in [0.25, 0.3) is 0 Å². The lowest BCUT2D eigenvalue weighted by atomic mass is 9.92. The highest BCUT2D eigenvalue weighted by Gasteiger charge is 2.57. The molecular formula is C18H20FNO3. The van der Waals surface area contributed by atoms with Gasteiger partial charge < -0.3 is 10.0 Å². The van der Waals surface area contributed by atoms with Crippen LogP contribution in [0.3, 0.4) is 0 Å². The lowest BCUT2D eigenvalue weighted by molar-refractivity contribution is -0.142. The van der Waals surface area contributed by atoms with Crippen LogP contribution in [0.15, 0.2) is 24.3 Å². The van der Waals surface area contributed by atoms with Crippen molar-refractivity contribution >= 4 is 11.9 Å². The monoisotopic (exact) mass is 317 g/mol. The normalized spacial score (nSPS) is 28.7. The van der Waals surface area contributed by atoms with Gasteiger partial charge in [0.1, 0.15) is 5.82 Å². The topological polar surface area (TPSA) is 57.6 Å². The van der Waals surface area contributed by atoms with Gasteiger partial charge in [-0.3, -0.25) is 9.59 Å². The summed E-state index contributed by atoms with van der Waals surface area (Å²) in [5.74, 6) is -1.20. The van der Waals surface area contributed by atoms with Gasteiger partial charge in [0.2, 0.25) is 5.91 Å². The second kappa shape index (κ2) is 5.05. The molecule has 2 atom stereocenters. The summed E-state index contributed by atoms with van der Waals surface area (Å²) in [6.45, 7) is 0.780. The Bertz CT molecular complexity index is 666. The second-order valence-electron chi connectivity index (χ2n) is 7.22. The molecule has 2 saturated carbocycles. The number of amides is 1. The van der Waals surface area contributed by atoms with Gasteiger partial charge in [-0.25, -0.2) is 4.39 Å². The molecular weight excluding hydrogens is 297 g/mol. The molecule has 4 nitrogen and oxygen atoms in total. The van der Waals surface area contributed by atoms with Gasteiger partial charge in [-0.2, -0.15) is 0 Å². The molecule has 3 aliphatic rings. The molecule has 4 rings (SSSR count). The zero-order chi connectivity index (χ0) is 16.2. The Kier molecular flexibility index (Phi) is 3.22. The predicted octanol–water partition coefficient (Wildman–Crippen LogP) is 2.43. The number of nitrogens with zero attached hydrogens (tertiary/aromatic N) is 1. The molecule has 1 aromatic carbocycles. The number of carboxylic acids is 1. The van der Waals surface area contributed by atoms with E-state index in [4.69, 9.17) is 0 Å². The molecule has 1 saturated heterocycles. The van der Waals surface area contributed by atoms with E-state index in [1.54, 1.807) is 23.1 Å². The Hall–Kier alpha value is -1.91. The minimum atomic E-state index is -0.812. The first-order chi connectivity index (χ1) is 11.0. The summed E-state index contributed by atoms with van der Waals surface area (Å²) in [5.41, 5.74) is -0.293. The number of rotatable bonds is 4. The van der Waals surface area contributed by atoms with E-state index in [1.807, 2.05) is 0 Å². The van der Waals surface area contributed by atoms with Gasteiger partial charge in [-0.15, -0.1) is 0 Å². The summed E-state index contributed by atoms with van der Waals surface area (Å²) in [4.78, 5) is 26.2. The molecule has 0 radical (unpaired) electrons. The van der Waals surface area contributed by atoms with Crippen LogP contribution in [0.4, 0.5) is 4.39 Å². The van der Waals surface area contributed by atoms with Crippen LogP contribution in [0.2, 0.25) is 0 Å². The molecule has 1 aliphatic heterocycles. The van der Waals surface area contributed by atoms with E-state index in [-0.39, 0.29) is 24.2 Å². The summed E-state index contributed by atoms with van der Waals surface area (Å²) in [6, 6.07) is 6.45. The number of carbonyl (C=O) groups is 2. The number of carboxylic acid groups (broad SMARTS) is 1. The van der Waals surface area contributed by atoms with Gasteiger partial charge in [0.25, 0.3) is 0 Å². The van der Waals surface area contributed by atoms with Crippen LogP contribution >= 0.6 is 0 Å². The van der Waals surface area contributed by atoms with Crippen molar-refractivity contribution in [2.45, 2.75) is 31.1 Å². The van der Waals surface area contributed by atoms with Crippen molar-refractivity contribution in [3.8, 4) is 0 Å². The highest BCUT2D eigenvalue weighted by Crippen LogP contribution is 2.52. The number of carbonyl (C=O) groups excluding carboxylic acids is 1. The van der Waals surface area contributed by atoms with Crippen molar-refractivity contribution in [1.29, 1.82) is 0 Å². The number of hydrogen-bond donors (Lipinski definition) is 1. The van der Waals surface area contributed by atoms with Crippen LogP contribution in [0.1, 0.15) is 31.2 Å². The third-order valence-electron chi connectivity index (χ3n) is 5.75. The minimum Gasteiger partial charge on any atom is -0.481 e. The highest BCUT2D eigenvalue weighted by atomic mass is 19.1. The second-order valence-corrected chi connectivity index (χ2v) is 7.22. The predicted molar refractivity (Wildman–Crippen MR) is 81.2 cm³/mol. The lowest BCUT2D eigenvalue weighted by Gasteiger charge is -2.24. The standard InChI is InChI=1S/C18H20FNO3/c19-15-4-2-1-3-14(15)18(7-8-18)17(23)20-9-12(11-5-6-11)13(10-20)16(21)22/h1-4,11-13H,5-10H2,(H,21,22)/t12-,13+/m0/s1. The Balaban J connectivity index is 1.58. The Morgan fingerprint density at radius 2 is 1.87 bits per heavy atom. The fraction of sp³-hybridized carbons (Fsp3) is 0.556. The van der Waals surface area contributed by atoms with E-state index >= 15 is 0 Å². The average molecular weight is 317 g/mol. The van der Waals surface area contributed by atoms with Crippen LogP contribution in [0, 0.1) is 23.6 Å². The zero-order valence-electron chi connectivity index (χ0n) is 12.9. The number of halogens is 1. The summed E-state index contributed by atoms with van der Waals surface area (Å²) < 4.78 is 14.1. The molecule has 1 aromatic rings. The van der Waals surface area contributed by atoms with Gasteiger partial charge in [0, 0.05) is 18.7 Å². The SMILES string of the molecule is O=C(O)[C@@H]1CN(C(=O)C2(c3ccccc3F)CC2)C[C@H]1C1CC1. The van der Waals surface area contributed by atoms with Crippen molar-refractivity contribution in [1.82, 2.24) is 4.90 Å². The number of likely N-dealkylation sites (tertiary alicyclic amines) is 1. The third-order valence-corrected chi connectivity index (χ3v) is 5.75. The molecule has 1 amide bonds. The number of aliphatic carboxylic acids is 1. The molecule has 23 heavy (non-hydrogen) atoms. The quantitative estimate of drug-likeness (QED) is 0.928. The summed E-state index contributed by atoms with van der Waals surface area (Å²) in [5, 5.41) is 9.44. The van der Waals surface area contributed by atoms with Gasteiger partial charge in [-0.1, -0.05) is 18.2 Å². The largest absolute Gasteiger partial charge is 0.481 e. The van der Waals surface area contributed by atoms with Crippen LogP contribution in [0.5, 0.6) is 0 Å². The van der Waals surface area contributed by atoms with Crippen LogP contribution < -0.4 is 0 Å². The van der Waals surface area contributed by atoms with Gasteiger partial charge in [-0.05, 0) is 43.6 Å². The molecule has 0 spiro atoms. The van der Waals surface area contributed by atoms with Gasteiger partial charge in [0.05, 0.1) is 11.3 Å². The molecule has 2 aliphatic carbocycles. The number of hydrogen-bond acceptors (Lipinski definition) is 2. The van der Waals surface area contributed by atoms with E-state index in [2.05, 4.69) is 0 Å². The van der Waals surface area contributed by atoms with Crippen molar-refractivity contribution in [3.05, 3.63) is 35.6 Å². The van der Waals surface area contributed by atoms with Crippen molar-refractivity contribution in [3.63, 3.8) is 0 Å². The first kappa shape index (κ1) is 14.7. The fourth-order valence-electron chi connectivity index (χ4n) is 4.13. The van der Waals surface area contributed by atoms with Crippen molar-refractivity contribution in [2.75, 3.05) is 13.1 Å². The van der Waals surface area contributed by atoms with Crippen LogP contribution in [-0.2, 0) is 15.0 Å². The molecule has 3 fully saturated rings. The molecule has 0 aromatic heterocycles. The van der Waals surface area contributed by atoms with Crippen molar-refractivity contribution in [2.24, 2.45) is 17.8 Å². The molecule has 0 unspecified atom stereocenters. The molecule has 122 valence electrons. The molecule has 5 heteroatoms. The van der Waals surface area contributed by atoms with Gasteiger partial charge >= 0.3 is 5.97 Å². The molecule has 1 heterocycles. The van der Waals surface area contributed by atoms with E-state index in [0.29, 0.717) is 30.9 Å². The van der Waals surface area contributed by atoms with Crippen LogP contribution in [-0.4, -0.2) is 35.0 Å². The fourth-order valence-corrected chi connectivity index (χ4v) is 4.13. The zero-order valence-corrected chi connectivity index (χ0v) is 12.9. The van der Waals surface area contributed by atoms with E-state index in [0.717, 1.165) is 12.8 Å². The highest BCUT2D eigenvalue weighted by molar-refractivity contribution is 5.92. The maximum absolute atomic E-state index is 14.1. The number of benzene rings is 1. The average Bonchev–Trinajstić information content (AvgIpc) is 3.45. The Labute approximate surface area is 134 Å². The summed E-state index contributed by atoms with van der Waals surface area (Å²) in [7, 11) is 0.